The standard InChI is InChI=1S/C19H21ClN6O.2ClH/c1-12-9-25(6-5-21-12)17-4-3-14(8-22-17)19(27)24-15-7-16(20)18-23-13(2)10-26(18)11-15;;/h3-4,7-8,10-12,21H,5-6,9H2,1-2H3,(H,24,27);2*1H. The van der Waals surface area contributed by atoms with Crippen LogP contribution in [0.4, 0.5) is 11.5 Å². The molecule has 1 aliphatic rings. The Hall–Kier alpha value is -2.06. The van der Waals surface area contributed by atoms with Crippen molar-refractivity contribution in [3.63, 3.8) is 0 Å². The number of nitrogens with one attached hydrogen (secondary N) is 2. The molecule has 1 amide bonds. The number of hydrogen-bond donors (Lipinski definition) is 2. The van der Waals surface area contributed by atoms with Gasteiger partial charge in [0.15, 0.2) is 5.65 Å². The van der Waals surface area contributed by atoms with Gasteiger partial charge in [0.05, 0.1) is 22.0 Å². The first-order chi connectivity index (χ1) is 13.0. The van der Waals surface area contributed by atoms with Crippen LogP contribution in [0.15, 0.2) is 36.8 Å². The van der Waals surface area contributed by atoms with E-state index in [2.05, 4.69) is 32.4 Å². The van der Waals surface area contributed by atoms with E-state index in [1.165, 1.54) is 0 Å². The Kier molecular flexibility index (Phi) is 7.71. The molecule has 3 aromatic heterocycles. The van der Waals surface area contributed by atoms with Crippen LogP contribution in [0.5, 0.6) is 0 Å². The van der Waals surface area contributed by atoms with Crippen molar-refractivity contribution in [1.29, 1.82) is 0 Å². The largest absolute Gasteiger partial charge is 0.354 e. The average molecular weight is 458 g/mol. The van der Waals surface area contributed by atoms with Gasteiger partial charge in [0.1, 0.15) is 5.82 Å². The highest BCUT2D eigenvalue weighted by atomic mass is 35.5. The average Bonchev–Trinajstić information content (AvgIpc) is 3.03. The lowest BCUT2D eigenvalue weighted by Gasteiger charge is -2.32. The minimum atomic E-state index is -0.227. The van der Waals surface area contributed by atoms with E-state index in [9.17, 15) is 4.79 Å². The Labute approximate surface area is 186 Å². The summed E-state index contributed by atoms with van der Waals surface area (Å²) in [4.78, 5) is 23.6. The second-order valence-electron chi connectivity index (χ2n) is 6.85. The number of aromatic nitrogens is 3. The predicted molar refractivity (Wildman–Crippen MR) is 121 cm³/mol. The van der Waals surface area contributed by atoms with E-state index >= 15 is 0 Å². The van der Waals surface area contributed by atoms with Crippen LogP contribution in [0, 0.1) is 6.92 Å². The van der Waals surface area contributed by atoms with Gasteiger partial charge in [0.2, 0.25) is 0 Å². The number of fused-ring (bicyclic) bond motifs is 1. The Morgan fingerprint density at radius 2 is 2.10 bits per heavy atom. The van der Waals surface area contributed by atoms with E-state index in [4.69, 9.17) is 11.6 Å². The van der Waals surface area contributed by atoms with Gasteiger partial charge in [-0.2, -0.15) is 0 Å². The first-order valence-electron chi connectivity index (χ1n) is 8.90. The van der Waals surface area contributed by atoms with Crippen molar-refractivity contribution >= 4 is 59.5 Å². The lowest BCUT2D eigenvalue weighted by Crippen LogP contribution is -2.49. The Morgan fingerprint density at radius 3 is 2.79 bits per heavy atom. The molecule has 156 valence electrons. The summed E-state index contributed by atoms with van der Waals surface area (Å²) >= 11 is 6.27. The fourth-order valence-corrected chi connectivity index (χ4v) is 3.56. The number of nitrogens with zero attached hydrogens (tertiary/aromatic N) is 4. The number of carbonyl (C=O) groups excluding carboxylic acids is 1. The number of piperazine rings is 1. The van der Waals surface area contributed by atoms with E-state index in [-0.39, 0.29) is 30.7 Å². The molecule has 2 N–H and O–H groups in total. The molecule has 1 atom stereocenters. The second-order valence-corrected chi connectivity index (χ2v) is 7.26. The number of amides is 1. The number of halogens is 3. The van der Waals surface area contributed by atoms with Gasteiger partial charge in [-0.25, -0.2) is 9.97 Å². The van der Waals surface area contributed by atoms with Gasteiger partial charge in [-0.1, -0.05) is 11.6 Å². The molecule has 1 saturated heterocycles. The summed E-state index contributed by atoms with van der Waals surface area (Å²) in [5.74, 6) is 0.660. The summed E-state index contributed by atoms with van der Waals surface area (Å²) in [5, 5.41) is 6.77. The van der Waals surface area contributed by atoms with E-state index in [0.29, 0.717) is 28.0 Å². The molecule has 0 bridgehead atoms. The van der Waals surface area contributed by atoms with Gasteiger partial charge in [-0.05, 0) is 32.0 Å². The molecule has 7 nitrogen and oxygen atoms in total. The van der Waals surface area contributed by atoms with Crippen LogP contribution in [0.3, 0.4) is 0 Å². The predicted octanol–water partition coefficient (Wildman–Crippen LogP) is 3.59. The summed E-state index contributed by atoms with van der Waals surface area (Å²) in [5.41, 5.74) is 2.64. The summed E-state index contributed by atoms with van der Waals surface area (Å²) in [6, 6.07) is 5.81. The molecule has 0 aromatic carbocycles. The third-order valence-electron chi connectivity index (χ3n) is 4.59. The summed E-state index contributed by atoms with van der Waals surface area (Å²) in [6.45, 7) is 6.79. The monoisotopic (exact) mass is 456 g/mol. The minimum Gasteiger partial charge on any atom is -0.354 e. The van der Waals surface area contributed by atoms with Crippen molar-refractivity contribution in [2.75, 3.05) is 29.9 Å². The van der Waals surface area contributed by atoms with Crippen LogP contribution in [0.1, 0.15) is 23.0 Å². The van der Waals surface area contributed by atoms with Crippen molar-refractivity contribution in [3.05, 3.63) is 53.1 Å². The molecule has 1 unspecified atom stereocenters. The fraction of sp³-hybridized carbons (Fsp3) is 0.316. The number of pyridine rings is 2. The lowest BCUT2D eigenvalue weighted by atomic mass is 10.2. The quantitative estimate of drug-likeness (QED) is 0.629. The molecular formula is C19H23Cl3N6O. The van der Waals surface area contributed by atoms with E-state index in [1.807, 2.05) is 19.2 Å². The van der Waals surface area contributed by atoms with E-state index in [0.717, 1.165) is 31.1 Å². The third kappa shape index (κ3) is 5.11. The van der Waals surface area contributed by atoms with Crippen LogP contribution >= 0.6 is 36.4 Å². The molecule has 0 saturated carbocycles. The van der Waals surface area contributed by atoms with Gasteiger partial charge in [-0.3, -0.25) is 4.79 Å². The first-order valence-corrected chi connectivity index (χ1v) is 9.28. The second kappa shape index (κ2) is 9.63. The lowest BCUT2D eigenvalue weighted by molar-refractivity contribution is 0.102. The highest BCUT2D eigenvalue weighted by Gasteiger charge is 2.17. The van der Waals surface area contributed by atoms with Crippen LogP contribution in [-0.2, 0) is 0 Å². The van der Waals surface area contributed by atoms with Gasteiger partial charge >= 0.3 is 0 Å². The maximum atomic E-state index is 12.6. The fourth-order valence-electron chi connectivity index (χ4n) is 3.30. The zero-order chi connectivity index (χ0) is 19.0. The van der Waals surface area contributed by atoms with Gasteiger partial charge < -0.3 is 19.9 Å². The summed E-state index contributed by atoms with van der Waals surface area (Å²) in [6.07, 6.45) is 5.27. The zero-order valence-corrected chi connectivity index (χ0v) is 18.4. The number of aryl methyl sites for hydroxylation is 1. The number of rotatable bonds is 3. The number of anilines is 2. The van der Waals surface area contributed by atoms with Crippen LogP contribution < -0.4 is 15.5 Å². The Morgan fingerprint density at radius 1 is 1.31 bits per heavy atom. The third-order valence-corrected chi connectivity index (χ3v) is 4.87. The van der Waals surface area contributed by atoms with Crippen molar-refractivity contribution in [3.8, 4) is 0 Å². The molecule has 4 heterocycles. The molecule has 10 heteroatoms. The summed E-state index contributed by atoms with van der Waals surface area (Å²) < 4.78 is 1.81. The van der Waals surface area contributed by atoms with Crippen LogP contribution in [0.25, 0.3) is 5.65 Å². The molecule has 4 rings (SSSR count). The highest BCUT2D eigenvalue weighted by molar-refractivity contribution is 6.33. The molecule has 1 aliphatic heterocycles. The summed E-state index contributed by atoms with van der Waals surface area (Å²) in [7, 11) is 0. The van der Waals surface area contributed by atoms with Crippen LogP contribution in [0.2, 0.25) is 5.02 Å². The smallest absolute Gasteiger partial charge is 0.257 e. The molecular weight excluding hydrogens is 435 g/mol. The van der Waals surface area contributed by atoms with Crippen molar-refractivity contribution in [1.82, 2.24) is 19.7 Å². The topological polar surface area (TPSA) is 74.6 Å². The Balaban J connectivity index is 0.00000150. The van der Waals surface area contributed by atoms with Crippen molar-refractivity contribution in [2.24, 2.45) is 0 Å². The maximum Gasteiger partial charge on any atom is 0.257 e. The van der Waals surface area contributed by atoms with Gasteiger partial charge in [0, 0.05) is 44.3 Å². The van der Waals surface area contributed by atoms with E-state index in [1.54, 1.807) is 28.9 Å². The van der Waals surface area contributed by atoms with Crippen LogP contribution in [-0.4, -0.2) is 46.0 Å². The maximum absolute atomic E-state index is 12.6. The zero-order valence-electron chi connectivity index (χ0n) is 16.1. The van der Waals surface area contributed by atoms with Crippen molar-refractivity contribution < 1.29 is 4.79 Å². The highest BCUT2D eigenvalue weighted by Crippen LogP contribution is 2.22. The molecule has 0 aliphatic carbocycles. The minimum absolute atomic E-state index is 0. The molecule has 3 aromatic rings. The molecule has 0 spiro atoms. The van der Waals surface area contributed by atoms with Crippen molar-refractivity contribution in [2.45, 2.75) is 19.9 Å². The molecule has 1 fully saturated rings. The number of hydrogen-bond acceptors (Lipinski definition) is 5. The van der Waals surface area contributed by atoms with Gasteiger partial charge in [-0.15, -0.1) is 24.8 Å². The molecule has 29 heavy (non-hydrogen) atoms. The number of carbonyl (C=O) groups is 1. The van der Waals surface area contributed by atoms with Gasteiger partial charge in [0.25, 0.3) is 5.91 Å². The SMILES string of the molecule is Cc1cn2cc(NC(=O)c3ccc(N4CCNC(C)C4)nc3)cc(Cl)c2n1.Cl.Cl. The normalized spacial score (nSPS) is 16.1. The Bertz CT molecular complexity index is 992. The molecule has 0 radical (unpaired) electrons. The number of imidazole rings is 1. The first kappa shape index (κ1) is 23.2. The van der Waals surface area contributed by atoms with E-state index < -0.39 is 0 Å².